The second-order valence-electron chi connectivity index (χ2n) is 4.73. The zero-order valence-electron chi connectivity index (χ0n) is 12.3. The number of methoxy groups -OCH3 is 2. The van der Waals surface area contributed by atoms with Crippen molar-refractivity contribution in [2.24, 2.45) is 0 Å². The molecule has 0 radical (unpaired) electrons. The maximum absolute atomic E-state index is 10.6. The van der Waals surface area contributed by atoms with E-state index in [9.17, 15) is 4.79 Å². The molecule has 1 aromatic heterocycles. The van der Waals surface area contributed by atoms with Gasteiger partial charge in [0, 0.05) is 32.7 Å². The zero-order valence-corrected chi connectivity index (χ0v) is 12.3. The van der Waals surface area contributed by atoms with Gasteiger partial charge in [0.2, 0.25) is 17.7 Å². The summed E-state index contributed by atoms with van der Waals surface area (Å²) in [7, 11) is 3.10. The molecule has 1 fully saturated rings. The molecule has 1 aliphatic heterocycles. The van der Waals surface area contributed by atoms with E-state index in [2.05, 4.69) is 14.9 Å². The molecule has 8 nitrogen and oxygen atoms in total. The van der Waals surface area contributed by atoms with Crippen LogP contribution in [0.2, 0.25) is 0 Å². The molecule has 1 saturated heterocycles. The number of aliphatic carboxylic acids is 1. The van der Waals surface area contributed by atoms with Gasteiger partial charge in [-0.3, -0.25) is 9.69 Å². The van der Waals surface area contributed by atoms with Crippen molar-refractivity contribution in [1.29, 1.82) is 0 Å². The largest absolute Gasteiger partial charge is 0.481 e. The summed E-state index contributed by atoms with van der Waals surface area (Å²) in [4.78, 5) is 23.4. The van der Waals surface area contributed by atoms with Gasteiger partial charge in [0.25, 0.3) is 0 Å². The number of ether oxygens (including phenoxy) is 2. The van der Waals surface area contributed by atoms with Gasteiger partial charge >= 0.3 is 5.97 Å². The topological polar surface area (TPSA) is 88.0 Å². The molecular weight excluding hydrogens is 276 g/mol. The Morgan fingerprint density at radius 2 is 1.76 bits per heavy atom. The van der Waals surface area contributed by atoms with Crippen LogP contribution in [0.1, 0.15) is 6.42 Å². The molecule has 1 aliphatic rings. The van der Waals surface area contributed by atoms with Crippen LogP contribution in [0, 0.1) is 0 Å². The number of hydrogen-bond donors (Lipinski definition) is 1. The number of carboxylic acid groups (broad SMARTS) is 1. The Balaban J connectivity index is 1.96. The molecule has 0 bridgehead atoms. The highest BCUT2D eigenvalue weighted by molar-refractivity contribution is 5.66. The van der Waals surface area contributed by atoms with Crippen molar-refractivity contribution in [2.75, 3.05) is 51.8 Å². The van der Waals surface area contributed by atoms with E-state index >= 15 is 0 Å². The minimum absolute atomic E-state index is 0.170. The molecule has 0 atom stereocenters. The molecule has 0 saturated carbocycles. The first-order valence-corrected chi connectivity index (χ1v) is 6.78. The van der Waals surface area contributed by atoms with Crippen molar-refractivity contribution in [2.45, 2.75) is 6.42 Å². The molecule has 0 aliphatic carbocycles. The van der Waals surface area contributed by atoms with Crippen LogP contribution < -0.4 is 14.4 Å². The summed E-state index contributed by atoms with van der Waals surface area (Å²) in [5.41, 5.74) is 0. The molecule has 0 unspecified atom stereocenters. The van der Waals surface area contributed by atoms with E-state index in [1.165, 1.54) is 0 Å². The first-order chi connectivity index (χ1) is 10.1. The van der Waals surface area contributed by atoms with Gasteiger partial charge in [-0.15, -0.1) is 0 Å². The fraction of sp³-hybridized carbons (Fsp3) is 0.615. The van der Waals surface area contributed by atoms with Gasteiger partial charge < -0.3 is 19.5 Å². The van der Waals surface area contributed by atoms with Crippen LogP contribution in [0.5, 0.6) is 11.8 Å². The highest BCUT2D eigenvalue weighted by Crippen LogP contribution is 2.21. The highest BCUT2D eigenvalue weighted by Gasteiger charge is 2.20. The molecule has 2 rings (SSSR count). The van der Waals surface area contributed by atoms with E-state index in [1.807, 2.05) is 4.90 Å². The van der Waals surface area contributed by atoms with Crippen LogP contribution in [0.4, 0.5) is 5.95 Å². The van der Waals surface area contributed by atoms with Crippen LogP contribution in [-0.4, -0.2) is 72.9 Å². The number of nitrogens with zero attached hydrogens (tertiary/aromatic N) is 4. The summed E-state index contributed by atoms with van der Waals surface area (Å²) in [6, 6.07) is 1.63. The Morgan fingerprint density at radius 1 is 1.19 bits per heavy atom. The molecule has 21 heavy (non-hydrogen) atoms. The summed E-state index contributed by atoms with van der Waals surface area (Å²) >= 11 is 0. The average molecular weight is 296 g/mol. The van der Waals surface area contributed by atoms with Crippen molar-refractivity contribution >= 4 is 11.9 Å². The maximum Gasteiger partial charge on any atom is 0.304 e. The quantitative estimate of drug-likeness (QED) is 0.790. The first kappa shape index (κ1) is 15.3. The predicted octanol–water partition coefficient (Wildman–Crippen LogP) is 0.0905. The fourth-order valence-electron chi connectivity index (χ4n) is 2.17. The van der Waals surface area contributed by atoms with Crippen molar-refractivity contribution < 1.29 is 19.4 Å². The van der Waals surface area contributed by atoms with Gasteiger partial charge in [0.1, 0.15) is 0 Å². The maximum atomic E-state index is 10.6. The van der Waals surface area contributed by atoms with Crippen molar-refractivity contribution in [1.82, 2.24) is 14.9 Å². The number of piperazine rings is 1. The van der Waals surface area contributed by atoms with Crippen LogP contribution in [0.3, 0.4) is 0 Å². The summed E-state index contributed by atoms with van der Waals surface area (Å²) in [6.45, 7) is 3.64. The summed E-state index contributed by atoms with van der Waals surface area (Å²) in [5, 5.41) is 8.70. The standard InChI is InChI=1S/C13H20N4O4/c1-20-10-9-11(21-2)15-13(14-10)17-7-5-16(6-8-17)4-3-12(18)19/h9H,3-8H2,1-2H3,(H,18,19). The second kappa shape index (κ2) is 7.07. The third kappa shape index (κ3) is 4.19. The zero-order chi connectivity index (χ0) is 15.2. The van der Waals surface area contributed by atoms with Crippen molar-refractivity contribution in [3.63, 3.8) is 0 Å². The van der Waals surface area contributed by atoms with Gasteiger partial charge in [-0.05, 0) is 0 Å². The number of carbonyl (C=O) groups is 1. The minimum Gasteiger partial charge on any atom is -0.481 e. The molecule has 0 spiro atoms. The molecule has 116 valence electrons. The van der Waals surface area contributed by atoms with E-state index in [-0.39, 0.29) is 6.42 Å². The highest BCUT2D eigenvalue weighted by atomic mass is 16.5. The van der Waals surface area contributed by atoms with Crippen LogP contribution in [0.15, 0.2) is 6.07 Å². The third-order valence-corrected chi connectivity index (χ3v) is 3.38. The monoisotopic (exact) mass is 296 g/mol. The summed E-state index contributed by atoms with van der Waals surface area (Å²) in [5.74, 6) is 0.734. The number of hydrogen-bond acceptors (Lipinski definition) is 7. The lowest BCUT2D eigenvalue weighted by molar-refractivity contribution is -0.137. The Bertz CT molecular complexity index is 467. The number of carboxylic acids is 1. The lowest BCUT2D eigenvalue weighted by Crippen LogP contribution is -2.47. The van der Waals surface area contributed by atoms with E-state index in [1.54, 1.807) is 20.3 Å². The molecule has 0 amide bonds. The summed E-state index contributed by atoms with van der Waals surface area (Å²) in [6.07, 6.45) is 0.170. The normalized spacial score (nSPS) is 15.8. The number of rotatable bonds is 6. The van der Waals surface area contributed by atoms with Gasteiger partial charge in [-0.2, -0.15) is 9.97 Å². The SMILES string of the molecule is COc1cc(OC)nc(N2CCN(CCC(=O)O)CC2)n1. The molecule has 0 aromatic carbocycles. The average Bonchev–Trinajstić information content (AvgIpc) is 2.52. The van der Waals surface area contributed by atoms with E-state index in [4.69, 9.17) is 14.6 Å². The lowest BCUT2D eigenvalue weighted by Gasteiger charge is -2.34. The summed E-state index contributed by atoms with van der Waals surface area (Å²) < 4.78 is 10.3. The third-order valence-electron chi connectivity index (χ3n) is 3.38. The molecule has 1 N–H and O–H groups in total. The number of aromatic nitrogens is 2. The van der Waals surface area contributed by atoms with Gasteiger partial charge in [-0.25, -0.2) is 0 Å². The van der Waals surface area contributed by atoms with Crippen molar-refractivity contribution in [3.8, 4) is 11.8 Å². The Labute approximate surface area is 123 Å². The van der Waals surface area contributed by atoms with Crippen LogP contribution >= 0.6 is 0 Å². The van der Waals surface area contributed by atoms with E-state index in [0.717, 1.165) is 26.2 Å². The molecule has 1 aromatic rings. The van der Waals surface area contributed by atoms with Gasteiger partial charge in [0.05, 0.1) is 26.7 Å². The lowest BCUT2D eigenvalue weighted by atomic mass is 10.3. The molecule has 8 heteroatoms. The molecular formula is C13H20N4O4. The first-order valence-electron chi connectivity index (χ1n) is 6.78. The van der Waals surface area contributed by atoms with Crippen LogP contribution in [-0.2, 0) is 4.79 Å². The van der Waals surface area contributed by atoms with Gasteiger partial charge in [0.15, 0.2) is 0 Å². The minimum atomic E-state index is -0.765. The fourth-order valence-corrected chi connectivity index (χ4v) is 2.17. The van der Waals surface area contributed by atoms with E-state index in [0.29, 0.717) is 24.3 Å². The second-order valence-corrected chi connectivity index (χ2v) is 4.73. The predicted molar refractivity (Wildman–Crippen MR) is 76.0 cm³/mol. The van der Waals surface area contributed by atoms with Crippen molar-refractivity contribution in [3.05, 3.63) is 6.07 Å². The van der Waals surface area contributed by atoms with Gasteiger partial charge in [-0.1, -0.05) is 0 Å². The Hall–Kier alpha value is -2.09. The molecule has 2 heterocycles. The van der Waals surface area contributed by atoms with Crippen LogP contribution in [0.25, 0.3) is 0 Å². The Kier molecular flexibility index (Phi) is 5.15. The Morgan fingerprint density at radius 3 is 2.24 bits per heavy atom. The van der Waals surface area contributed by atoms with E-state index < -0.39 is 5.97 Å². The smallest absolute Gasteiger partial charge is 0.304 e. The number of anilines is 1.